The van der Waals surface area contributed by atoms with Gasteiger partial charge in [-0.15, -0.1) is 5.10 Å². The van der Waals surface area contributed by atoms with Crippen molar-refractivity contribution < 1.29 is 0 Å². The van der Waals surface area contributed by atoms with Crippen LogP contribution in [0.3, 0.4) is 0 Å². The molecule has 2 aromatic rings. The maximum Gasteiger partial charge on any atom is 0.243 e. The molecule has 0 saturated carbocycles. The fourth-order valence-corrected chi connectivity index (χ4v) is 2.31. The number of pyridine rings is 1. The van der Waals surface area contributed by atoms with Crippen LogP contribution in [-0.4, -0.2) is 20.6 Å². The highest BCUT2D eigenvalue weighted by atomic mass is 15.3. The summed E-state index contributed by atoms with van der Waals surface area (Å²) in [4.78, 5) is 4.54. The summed E-state index contributed by atoms with van der Waals surface area (Å²) in [5.74, 6) is 0.750. The van der Waals surface area contributed by atoms with E-state index in [-0.39, 0.29) is 0 Å². The van der Waals surface area contributed by atoms with Crippen LogP contribution < -0.4 is 5.32 Å². The number of nitrogens with one attached hydrogen (secondary N) is 1. The number of aryl methyl sites for hydroxylation is 1. The Labute approximate surface area is 115 Å². The van der Waals surface area contributed by atoms with Gasteiger partial charge in [0.05, 0.1) is 0 Å². The lowest BCUT2D eigenvalue weighted by atomic mass is 10.1. The molecule has 0 amide bonds. The Kier molecular flexibility index (Phi) is 4.77. The van der Waals surface area contributed by atoms with E-state index in [1.807, 2.05) is 16.8 Å². The molecule has 1 N–H and O–H groups in total. The summed E-state index contributed by atoms with van der Waals surface area (Å²) in [5, 5.41) is 7.96. The van der Waals surface area contributed by atoms with Crippen molar-refractivity contribution >= 4 is 11.6 Å². The quantitative estimate of drug-likeness (QED) is 0.823. The van der Waals surface area contributed by atoms with E-state index in [1.165, 1.54) is 37.7 Å². The third-order valence-electron chi connectivity index (χ3n) is 3.37. The maximum absolute atomic E-state index is 4.54. The Balaban J connectivity index is 2.09. The van der Waals surface area contributed by atoms with Gasteiger partial charge in [0.2, 0.25) is 5.95 Å². The summed E-state index contributed by atoms with van der Waals surface area (Å²) in [6.45, 7) is 6.53. The van der Waals surface area contributed by atoms with Gasteiger partial charge >= 0.3 is 0 Å². The van der Waals surface area contributed by atoms with Gasteiger partial charge in [-0.2, -0.15) is 4.98 Å². The van der Waals surface area contributed by atoms with Crippen LogP contribution in [0, 0.1) is 6.92 Å². The van der Waals surface area contributed by atoms with E-state index < -0.39 is 0 Å². The number of nitrogens with zero attached hydrogens (tertiary/aromatic N) is 3. The lowest BCUT2D eigenvalue weighted by molar-refractivity contribution is 0.561. The standard InChI is InChI=1S/C15H24N4/c1-4-6-8-13(7-5-2)16-15-17-14-11-12(3)9-10-19(14)18-15/h9-11,13H,4-8H2,1-3H3,(H,16,18). The predicted molar refractivity (Wildman–Crippen MR) is 79.6 cm³/mol. The average Bonchev–Trinajstić information content (AvgIpc) is 2.77. The molecule has 4 heteroatoms. The summed E-state index contributed by atoms with van der Waals surface area (Å²) < 4.78 is 1.83. The number of hydrogen-bond donors (Lipinski definition) is 1. The molecule has 104 valence electrons. The minimum Gasteiger partial charge on any atom is -0.350 e. The SMILES string of the molecule is CCCCC(CCC)Nc1nc2cc(C)ccn2n1. The van der Waals surface area contributed by atoms with Gasteiger partial charge < -0.3 is 5.32 Å². The Bertz CT molecular complexity index is 518. The van der Waals surface area contributed by atoms with Crippen LogP contribution in [0.2, 0.25) is 0 Å². The number of hydrogen-bond acceptors (Lipinski definition) is 3. The van der Waals surface area contributed by atoms with Gasteiger partial charge in [-0.1, -0.05) is 33.1 Å². The largest absolute Gasteiger partial charge is 0.350 e. The molecule has 0 spiro atoms. The maximum atomic E-state index is 4.54. The van der Waals surface area contributed by atoms with Crippen LogP contribution in [0.4, 0.5) is 5.95 Å². The summed E-state index contributed by atoms with van der Waals surface area (Å²) in [7, 11) is 0. The van der Waals surface area contributed by atoms with Crippen molar-refractivity contribution in [2.24, 2.45) is 0 Å². The van der Waals surface area contributed by atoms with Gasteiger partial charge in [-0.3, -0.25) is 0 Å². The first-order chi connectivity index (χ1) is 9.22. The van der Waals surface area contributed by atoms with Gasteiger partial charge in [-0.25, -0.2) is 4.52 Å². The van der Waals surface area contributed by atoms with E-state index >= 15 is 0 Å². The topological polar surface area (TPSA) is 42.2 Å². The second-order valence-electron chi connectivity index (χ2n) is 5.21. The van der Waals surface area contributed by atoms with Gasteiger partial charge in [0, 0.05) is 12.2 Å². The monoisotopic (exact) mass is 260 g/mol. The first kappa shape index (κ1) is 13.8. The van der Waals surface area contributed by atoms with Crippen LogP contribution in [-0.2, 0) is 0 Å². The first-order valence-electron chi connectivity index (χ1n) is 7.32. The Morgan fingerprint density at radius 1 is 1.26 bits per heavy atom. The number of anilines is 1. The fraction of sp³-hybridized carbons (Fsp3) is 0.600. The number of fused-ring (bicyclic) bond motifs is 1. The highest BCUT2D eigenvalue weighted by Crippen LogP contribution is 2.14. The second kappa shape index (κ2) is 6.55. The van der Waals surface area contributed by atoms with Crippen LogP contribution in [0.15, 0.2) is 18.3 Å². The zero-order valence-electron chi connectivity index (χ0n) is 12.2. The van der Waals surface area contributed by atoms with Gasteiger partial charge in [0.1, 0.15) is 0 Å². The number of aromatic nitrogens is 3. The van der Waals surface area contributed by atoms with Crippen LogP contribution >= 0.6 is 0 Å². The van der Waals surface area contributed by atoms with E-state index in [1.54, 1.807) is 0 Å². The summed E-state index contributed by atoms with van der Waals surface area (Å²) in [5.41, 5.74) is 2.12. The molecule has 0 saturated heterocycles. The third-order valence-corrected chi connectivity index (χ3v) is 3.37. The van der Waals surface area contributed by atoms with E-state index in [9.17, 15) is 0 Å². The molecule has 2 aromatic heterocycles. The molecule has 0 aromatic carbocycles. The molecule has 0 aliphatic rings. The number of unbranched alkanes of at least 4 members (excludes halogenated alkanes) is 1. The van der Waals surface area contributed by atoms with Crippen molar-refractivity contribution in [2.75, 3.05) is 5.32 Å². The number of rotatable bonds is 7. The van der Waals surface area contributed by atoms with E-state index in [2.05, 4.69) is 42.2 Å². The molecule has 2 heterocycles. The van der Waals surface area contributed by atoms with Crippen molar-refractivity contribution in [3.8, 4) is 0 Å². The van der Waals surface area contributed by atoms with Crippen LogP contribution in [0.5, 0.6) is 0 Å². The van der Waals surface area contributed by atoms with E-state index in [0.29, 0.717) is 6.04 Å². The molecule has 0 radical (unpaired) electrons. The molecule has 0 bridgehead atoms. The third kappa shape index (κ3) is 3.69. The molecule has 2 rings (SSSR count). The smallest absolute Gasteiger partial charge is 0.243 e. The van der Waals surface area contributed by atoms with Crippen molar-refractivity contribution in [3.63, 3.8) is 0 Å². The van der Waals surface area contributed by atoms with Gasteiger partial charge in [0.15, 0.2) is 5.65 Å². The van der Waals surface area contributed by atoms with Crippen molar-refractivity contribution in [1.29, 1.82) is 0 Å². The normalized spacial score (nSPS) is 12.8. The first-order valence-corrected chi connectivity index (χ1v) is 7.32. The molecular weight excluding hydrogens is 236 g/mol. The van der Waals surface area contributed by atoms with Gasteiger partial charge in [0.25, 0.3) is 0 Å². The zero-order chi connectivity index (χ0) is 13.7. The Morgan fingerprint density at radius 3 is 2.84 bits per heavy atom. The minimum atomic E-state index is 0.489. The molecular formula is C15H24N4. The molecule has 0 fully saturated rings. The summed E-state index contributed by atoms with van der Waals surface area (Å²) in [6.07, 6.45) is 8.01. The summed E-state index contributed by atoms with van der Waals surface area (Å²) >= 11 is 0. The highest BCUT2D eigenvalue weighted by Gasteiger charge is 2.10. The Hall–Kier alpha value is -1.58. The van der Waals surface area contributed by atoms with Crippen molar-refractivity contribution in [1.82, 2.24) is 14.6 Å². The van der Waals surface area contributed by atoms with Crippen LogP contribution in [0.1, 0.15) is 51.5 Å². The summed E-state index contributed by atoms with van der Waals surface area (Å²) in [6, 6.07) is 4.59. The molecule has 0 aliphatic heterocycles. The van der Waals surface area contributed by atoms with Gasteiger partial charge in [-0.05, 0) is 37.5 Å². The molecule has 4 nitrogen and oxygen atoms in total. The average molecular weight is 260 g/mol. The van der Waals surface area contributed by atoms with E-state index in [4.69, 9.17) is 0 Å². The highest BCUT2D eigenvalue weighted by molar-refractivity contribution is 5.45. The van der Waals surface area contributed by atoms with Crippen molar-refractivity contribution in [3.05, 3.63) is 23.9 Å². The second-order valence-corrected chi connectivity index (χ2v) is 5.21. The van der Waals surface area contributed by atoms with E-state index in [0.717, 1.165) is 11.6 Å². The van der Waals surface area contributed by atoms with Crippen molar-refractivity contribution in [2.45, 2.75) is 58.9 Å². The van der Waals surface area contributed by atoms with Crippen LogP contribution in [0.25, 0.3) is 5.65 Å². The predicted octanol–water partition coefficient (Wildman–Crippen LogP) is 3.81. The lowest BCUT2D eigenvalue weighted by Crippen LogP contribution is -2.20. The molecule has 1 atom stereocenters. The lowest BCUT2D eigenvalue weighted by Gasteiger charge is -2.16. The zero-order valence-corrected chi connectivity index (χ0v) is 12.2. The molecule has 0 aliphatic carbocycles. The minimum absolute atomic E-state index is 0.489. The molecule has 1 unspecified atom stereocenters. The Morgan fingerprint density at radius 2 is 2.11 bits per heavy atom. The molecule has 19 heavy (non-hydrogen) atoms. The fourth-order valence-electron chi connectivity index (χ4n) is 2.31.